The van der Waals surface area contributed by atoms with Crippen LogP contribution in [0.25, 0.3) is 0 Å². The van der Waals surface area contributed by atoms with Crippen molar-refractivity contribution in [3.8, 4) is 0 Å². The smallest absolute Gasteiger partial charge is 0.240 e. The molecule has 3 N–H and O–H groups in total. The number of hydrogen-bond acceptors (Lipinski definition) is 5. The van der Waals surface area contributed by atoms with Crippen LogP contribution in [0.3, 0.4) is 0 Å². The summed E-state index contributed by atoms with van der Waals surface area (Å²) in [6, 6.07) is 6.42. The number of nitrogens with zero attached hydrogens (tertiary/aromatic N) is 3. The molecule has 0 radical (unpaired) electrons. The molecule has 2 rings (SSSR count). The van der Waals surface area contributed by atoms with Crippen molar-refractivity contribution in [2.24, 2.45) is 5.73 Å². The number of benzene rings is 1. The number of nitrogens with one attached hydrogen (secondary N) is 1. The van der Waals surface area contributed by atoms with E-state index in [4.69, 9.17) is 5.73 Å². The molecule has 0 saturated heterocycles. The summed E-state index contributed by atoms with van der Waals surface area (Å²) in [5.41, 5.74) is 6.62. The molecule has 2 aromatic rings. The number of rotatable bonds is 6. The normalized spacial score (nSPS) is 13.3. The molecule has 0 fully saturated rings. The third-order valence-electron chi connectivity index (χ3n) is 2.82. The van der Waals surface area contributed by atoms with E-state index in [2.05, 4.69) is 15.0 Å². The molecular weight excluding hydrogens is 278 g/mol. The van der Waals surface area contributed by atoms with Gasteiger partial charge < -0.3 is 5.73 Å². The van der Waals surface area contributed by atoms with E-state index in [-0.39, 0.29) is 17.5 Å². The van der Waals surface area contributed by atoms with Crippen LogP contribution in [0.15, 0.2) is 41.6 Å². The summed E-state index contributed by atoms with van der Waals surface area (Å²) < 4.78 is 28.2. The van der Waals surface area contributed by atoms with E-state index in [1.807, 2.05) is 6.92 Å². The van der Waals surface area contributed by atoms with Gasteiger partial charge in [-0.2, -0.15) is 0 Å². The summed E-state index contributed by atoms with van der Waals surface area (Å²) >= 11 is 0. The maximum atomic E-state index is 12.1. The lowest BCUT2D eigenvalue weighted by molar-refractivity contribution is 0.553. The highest BCUT2D eigenvalue weighted by molar-refractivity contribution is 7.89. The second kappa shape index (κ2) is 6.12. The molecule has 0 saturated carbocycles. The minimum atomic E-state index is -3.51. The Balaban J connectivity index is 1.99. The van der Waals surface area contributed by atoms with Gasteiger partial charge in [-0.05, 0) is 24.6 Å². The molecule has 1 unspecified atom stereocenters. The molecule has 1 aromatic carbocycles. The van der Waals surface area contributed by atoms with E-state index in [0.717, 1.165) is 5.56 Å². The summed E-state index contributed by atoms with van der Waals surface area (Å²) in [5, 5.41) is 7.40. The maximum absolute atomic E-state index is 12.1. The molecule has 0 spiro atoms. The standard InChI is InChI=1S/C12H17N5O2S/c1-10(13)11-2-4-12(5-3-11)20(18,19)15-7-9-17-8-6-14-16-17/h2-6,8,10,15H,7,9,13H2,1H3. The largest absolute Gasteiger partial charge is 0.324 e. The maximum Gasteiger partial charge on any atom is 0.240 e. The van der Waals surface area contributed by atoms with Crippen molar-refractivity contribution in [1.29, 1.82) is 0 Å². The summed E-state index contributed by atoms with van der Waals surface area (Å²) in [7, 11) is -3.51. The van der Waals surface area contributed by atoms with Crippen molar-refractivity contribution < 1.29 is 8.42 Å². The molecule has 1 heterocycles. The van der Waals surface area contributed by atoms with Crippen molar-refractivity contribution >= 4 is 10.0 Å². The van der Waals surface area contributed by atoms with Gasteiger partial charge in [-0.3, -0.25) is 4.68 Å². The zero-order chi connectivity index (χ0) is 14.6. The van der Waals surface area contributed by atoms with Gasteiger partial charge in [0.2, 0.25) is 10.0 Å². The van der Waals surface area contributed by atoms with Gasteiger partial charge in [0.25, 0.3) is 0 Å². The lowest BCUT2D eigenvalue weighted by Crippen LogP contribution is -2.27. The Morgan fingerprint density at radius 3 is 2.60 bits per heavy atom. The lowest BCUT2D eigenvalue weighted by Gasteiger charge is -2.09. The Labute approximate surface area is 117 Å². The van der Waals surface area contributed by atoms with Crippen LogP contribution >= 0.6 is 0 Å². The van der Waals surface area contributed by atoms with Crippen molar-refractivity contribution in [1.82, 2.24) is 19.7 Å². The fraction of sp³-hybridized carbons (Fsp3) is 0.333. The molecule has 1 atom stereocenters. The molecular formula is C12H17N5O2S. The Morgan fingerprint density at radius 2 is 2.05 bits per heavy atom. The van der Waals surface area contributed by atoms with Gasteiger partial charge >= 0.3 is 0 Å². The SMILES string of the molecule is CC(N)c1ccc(S(=O)(=O)NCCn2ccnn2)cc1. The molecule has 108 valence electrons. The first-order valence-corrected chi connectivity index (χ1v) is 7.66. The zero-order valence-electron chi connectivity index (χ0n) is 11.1. The number of sulfonamides is 1. The van der Waals surface area contributed by atoms with Gasteiger partial charge in [0.15, 0.2) is 0 Å². The zero-order valence-corrected chi connectivity index (χ0v) is 11.9. The highest BCUT2D eigenvalue weighted by Crippen LogP contribution is 2.14. The van der Waals surface area contributed by atoms with E-state index in [0.29, 0.717) is 6.54 Å². The van der Waals surface area contributed by atoms with E-state index in [9.17, 15) is 8.42 Å². The van der Waals surface area contributed by atoms with Gasteiger partial charge in [0, 0.05) is 18.8 Å². The summed E-state index contributed by atoms with van der Waals surface area (Å²) in [4.78, 5) is 0.223. The Bertz CT molecular complexity index is 635. The van der Waals surface area contributed by atoms with Gasteiger partial charge in [-0.1, -0.05) is 17.3 Å². The summed E-state index contributed by atoms with van der Waals surface area (Å²) in [5.74, 6) is 0. The third-order valence-corrected chi connectivity index (χ3v) is 4.30. The fourth-order valence-corrected chi connectivity index (χ4v) is 2.70. The average Bonchev–Trinajstić information content (AvgIpc) is 2.92. The third kappa shape index (κ3) is 3.62. The first-order chi connectivity index (χ1) is 9.49. The molecule has 7 nitrogen and oxygen atoms in total. The van der Waals surface area contributed by atoms with Crippen LogP contribution in [0.2, 0.25) is 0 Å². The van der Waals surface area contributed by atoms with E-state index < -0.39 is 10.0 Å². The van der Waals surface area contributed by atoms with Crippen LogP contribution in [0.4, 0.5) is 0 Å². The van der Waals surface area contributed by atoms with Gasteiger partial charge in [0.1, 0.15) is 0 Å². The van der Waals surface area contributed by atoms with Crippen molar-refractivity contribution in [2.45, 2.75) is 24.4 Å². The number of aromatic nitrogens is 3. The second-order valence-corrected chi connectivity index (χ2v) is 6.19. The number of nitrogens with two attached hydrogens (primary N) is 1. The Kier molecular flexibility index (Phi) is 4.48. The first-order valence-electron chi connectivity index (χ1n) is 6.18. The molecule has 0 aliphatic carbocycles. The molecule has 0 aliphatic rings. The predicted molar refractivity (Wildman–Crippen MR) is 74.3 cm³/mol. The molecule has 0 bridgehead atoms. The van der Waals surface area contributed by atoms with Crippen molar-refractivity contribution in [3.05, 3.63) is 42.2 Å². The van der Waals surface area contributed by atoms with Gasteiger partial charge in [-0.25, -0.2) is 13.1 Å². The minimum Gasteiger partial charge on any atom is -0.324 e. The second-order valence-electron chi connectivity index (χ2n) is 4.42. The van der Waals surface area contributed by atoms with Gasteiger partial charge in [0.05, 0.1) is 17.6 Å². The molecule has 8 heteroatoms. The van der Waals surface area contributed by atoms with Crippen LogP contribution < -0.4 is 10.5 Å². The predicted octanol–water partition coefficient (Wildman–Crippen LogP) is 0.276. The van der Waals surface area contributed by atoms with Crippen LogP contribution in [0, 0.1) is 0 Å². The van der Waals surface area contributed by atoms with Crippen molar-refractivity contribution in [2.75, 3.05) is 6.54 Å². The lowest BCUT2D eigenvalue weighted by atomic mass is 10.1. The molecule has 0 aliphatic heterocycles. The molecule has 20 heavy (non-hydrogen) atoms. The Morgan fingerprint density at radius 1 is 1.35 bits per heavy atom. The monoisotopic (exact) mass is 295 g/mol. The van der Waals surface area contributed by atoms with Crippen LogP contribution in [-0.4, -0.2) is 30.0 Å². The number of hydrogen-bond donors (Lipinski definition) is 2. The fourth-order valence-electron chi connectivity index (χ4n) is 1.68. The highest BCUT2D eigenvalue weighted by Gasteiger charge is 2.13. The highest BCUT2D eigenvalue weighted by atomic mass is 32.2. The summed E-state index contributed by atoms with van der Waals surface area (Å²) in [6.07, 6.45) is 3.22. The topological polar surface area (TPSA) is 103 Å². The van der Waals surface area contributed by atoms with Gasteiger partial charge in [-0.15, -0.1) is 5.10 Å². The van der Waals surface area contributed by atoms with E-state index >= 15 is 0 Å². The minimum absolute atomic E-state index is 0.118. The summed E-state index contributed by atoms with van der Waals surface area (Å²) in [6.45, 7) is 2.53. The molecule has 0 amide bonds. The quantitative estimate of drug-likeness (QED) is 0.796. The van der Waals surface area contributed by atoms with Crippen LogP contribution in [0.1, 0.15) is 18.5 Å². The van der Waals surface area contributed by atoms with E-state index in [1.165, 1.54) is 0 Å². The van der Waals surface area contributed by atoms with E-state index in [1.54, 1.807) is 41.3 Å². The Hall–Kier alpha value is -1.77. The van der Waals surface area contributed by atoms with Crippen LogP contribution in [-0.2, 0) is 16.6 Å². The average molecular weight is 295 g/mol. The first kappa shape index (κ1) is 14.6. The molecule has 1 aromatic heterocycles. The van der Waals surface area contributed by atoms with Crippen molar-refractivity contribution in [3.63, 3.8) is 0 Å². The van der Waals surface area contributed by atoms with Crippen LogP contribution in [0.5, 0.6) is 0 Å².